The van der Waals surface area contributed by atoms with E-state index >= 15 is 0 Å². The first kappa shape index (κ1) is 13.7. The number of piperazine rings is 1. The molecule has 1 aliphatic rings. The molecule has 20 heavy (non-hydrogen) atoms. The molecule has 1 unspecified atom stereocenters. The minimum Gasteiger partial charge on any atom is -0.314 e. The number of aromatic nitrogens is 2. The average molecular weight is 333 g/mol. The number of nitrogens with zero attached hydrogens (tertiary/aromatic N) is 3. The van der Waals surface area contributed by atoms with E-state index in [9.17, 15) is 0 Å². The number of pyridine rings is 2. The largest absolute Gasteiger partial charge is 0.314 e. The third-order valence-corrected chi connectivity index (χ3v) is 4.03. The van der Waals surface area contributed by atoms with Crippen LogP contribution in [0.3, 0.4) is 0 Å². The van der Waals surface area contributed by atoms with Crippen LogP contribution < -0.4 is 5.32 Å². The van der Waals surface area contributed by atoms with Gasteiger partial charge in [0.1, 0.15) is 0 Å². The topological polar surface area (TPSA) is 41.1 Å². The highest BCUT2D eigenvalue weighted by atomic mass is 79.9. The number of hydrogen-bond acceptors (Lipinski definition) is 4. The van der Waals surface area contributed by atoms with E-state index in [0.29, 0.717) is 6.04 Å². The Hall–Kier alpha value is -1.30. The van der Waals surface area contributed by atoms with Crippen molar-refractivity contribution in [3.05, 3.63) is 58.6 Å². The first-order valence-electron chi connectivity index (χ1n) is 6.77. The first-order chi connectivity index (χ1) is 9.83. The van der Waals surface area contributed by atoms with Crippen LogP contribution in [0.5, 0.6) is 0 Å². The third kappa shape index (κ3) is 3.23. The summed E-state index contributed by atoms with van der Waals surface area (Å²) in [5.41, 5.74) is 2.55. The van der Waals surface area contributed by atoms with Crippen molar-refractivity contribution in [2.75, 3.05) is 19.6 Å². The Labute approximate surface area is 127 Å². The number of nitrogens with one attached hydrogen (secondary N) is 1. The molecule has 2 aromatic heterocycles. The lowest BCUT2D eigenvalue weighted by Crippen LogP contribution is -2.45. The van der Waals surface area contributed by atoms with Gasteiger partial charge in [-0.3, -0.25) is 14.9 Å². The smallest absolute Gasteiger partial charge is 0.0477 e. The fraction of sp³-hybridized carbons (Fsp3) is 0.333. The Morgan fingerprint density at radius 3 is 2.90 bits per heavy atom. The van der Waals surface area contributed by atoms with Crippen molar-refractivity contribution in [2.45, 2.75) is 12.6 Å². The highest BCUT2D eigenvalue weighted by molar-refractivity contribution is 9.10. The molecule has 1 N–H and O–H groups in total. The number of halogens is 1. The molecule has 0 spiro atoms. The van der Waals surface area contributed by atoms with Gasteiger partial charge < -0.3 is 5.32 Å². The minimum absolute atomic E-state index is 0.394. The summed E-state index contributed by atoms with van der Waals surface area (Å²) in [4.78, 5) is 10.8. The fourth-order valence-corrected chi connectivity index (χ4v) is 3.04. The Bertz CT molecular complexity index is 561. The summed E-state index contributed by atoms with van der Waals surface area (Å²) in [5, 5.41) is 3.47. The van der Waals surface area contributed by atoms with Gasteiger partial charge >= 0.3 is 0 Å². The van der Waals surface area contributed by atoms with Crippen LogP contribution in [-0.2, 0) is 6.54 Å². The Morgan fingerprint density at radius 1 is 1.25 bits per heavy atom. The molecule has 104 valence electrons. The fourth-order valence-electron chi connectivity index (χ4n) is 2.63. The molecule has 2 aromatic rings. The van der Waals surface area contributed by atoms with E-state index in [1.54, 1.807) is 0 Å². The lowest BCUT2D eigenvalue weighted by Gasteiger charge is -2.36. The molecule has 3 rings (SSSR count). The van der Waals surface area contributed by atoms with Crippen LogP contribution in [0, 0.1) is 0 Å². The molecule has 1 atom stereocenters. The van der Waals surface area contributed by atoms with Gasteiger partial charge in [-0.15, -0.1) is 0 Å². The molecule has 0 amide bonds. The Balaban J connectivity index is 1.79. The monoisotopic (exact) mass is 332 g/mol. The highest BCUT2D eigenvalue weighted by Crippen LogP contribution is 2.24. The van der Waals surface area contributed by atoms with Gasteiger partial charge in [-0.1, -0.05) is 0 Å². The second kappa shape index (κ2) is 6.43. The normalized spacial score (nSPS) is 19.9. The summed E-state index contributed by atoms with van der Waals surface area (Å²) in [7, 11) is 0. The zero-order chi connectivity index (χ0) is 13.8. The van der Waals surface area contributed by atoms with Crippen LogP contribution in [-0.4, -0.2) is 34.5 Å². The average Bonchev–Trinajstić information content (AvgIpc) is 2.49. The van der Waals surface area contributed by atoms with E-state index in [1.807, 2.05) is 24.8 Å². The van der Waals surface area contributed by atoms with E-state index in [0.717, 1.165) is 30.7 Å². The second-order valence-electron chi connectivity index (χ2n) is 4.98. The molecular weight excluding hydrogens is 316 g/mol. The van der Waals surface area contributed by atoms with E-state index in [2.05, 4.69) is 54.3 Å². The van der Waals surface area contributed by atoms with Crippen molar-refractivity contribution < 1.29 is 0 Å². The maximum absolute atomic E-state index is 4.25. The van der Waals surface area contributed by atoms with Gasteiger partial charge in [-0.05, 0) is 45.3 Å². The first-order valence-corrected chi connectivity index (χ1v) is 7.56. The zero-order valence-electron chi connectivity index (χ0n) is 11.2. The number of hydrogen-bond donors (Lipinski definition) is 1. The lowest BCUT2D eigenvalue weighted by molar-refractivity contribution is 0.153. The van der Waals surface area contributed by atoms with Gasteiger partial charge in [-0.2, -0.15) is 0 Å². The van der Waals surface area contributed by atoms with E-state index in [1.165, 1.54) is 11.1 Å². The molecule has 0 aromatic carbocycles. The maximum atomic E-state index is 4.25. The van der Waals surface area contributed by atoms with Crippen molar-refractivity contribution in [3.63, 3.8) is 0 Å². The van der Waals surface area contributed by atoms with Crippen LogP contribution in [0.15, 0.2) is 47.5 Å². The van der Waals surface area contributed by atoms with Crippen molar-refractivity contribution in [1.82, 2.24) is 20.2 Å². The molecule has 0 bridgehead atoms. The lowest BCUT2D eigenvalue weighted by atomic mass is 10.0. The summed E-state index contributed by atoms with van der Waals surface area (Å²) < 4.78 is 1.03. The molecule has 0 aliphatic carbocycles. The molecule has 0 saturated carbocycles. The molecule has 1 aliphatic heterocycles. The molecule has 1 saturated heterocycles. The van der Waals surface area contributed by atoms with Gasteiger partial charge in [0.2, 0.25) is 0 Å². The summed E-state index contributed by atoms with van der Waals surface area (Å²) in [6.07, 6.45) is 7.49. The van der Waals surface area contributed by atoms with Gasteiger partial charge in [0, 0.05) is 61.5 Å². The van der Waals surface area contributed by atoms with Crippen LogP contribution in [0.1, 0.15) is 17.2 Å². The standard InChI is InChI=1S/C15H17BrN4/c16-14-7-12(8-19-9-14)11-20-6-5-18-10-15(20)13-1-3-17-4-2-13/h1-4,7-9,15,18H,5-6,10-11H2. The quantitative estimate of drug-likeness (QED) is 0.936. The van der Waals surface area contributed by atoms with E-state index < -0.39 is 0 Å². The Morgan fingerprint density at radius 2 is 2.10 bits per heavy atom. The predicted molar refractivity (Wildman–Crippen MR) is 82.2 cm³/mol. The van der Waals surface area contributed by atoms with Crippen molar-refractivity contribution in [1.29, 1.82) is 0 Å². The predicted octanol–water partition coefficient (Wildman–Crippen LogP) is 2.39. The van der Waals surface area contributed by atoms with Gasteiger partial charge in [0.05, 0.1) is 0 Å². The molecule has 3 heterocycles. The van der Waals surface area contributed by atoms with Crippen LogP contribution in [0.25, 0.3) is 0 Å². The van der Waals surface area contributed by atoms with Crippen molar-refractivity contribution >= 4 is 15.9 Å². The third-order valence-electron chi connectivity index (χ3n) is 3.59. The van der Waals surface area contributed by atoms with Gasteiger partial charge in [-0.25, -0.2) is 0 Å². The van der Waals surface area contributed by atoms with Gasteiger partial charge in [0.15, 0.2) is 0 Å². The van der Waals surface area contributed by atoms with Crippen LogP contribution in [0.2, 0.25) is 0 Å². The maximum Gasteiger partial charge on any atom is 0.0477 e. The van der Waals surface area contributed by atoms with Crippen LogP contribution in [0.4, 0.5) is 0 Å². The van der Waals surface area contributed by atoms with E-state index in [-0.39, 0.29) is 0 Å². The minimum atomic E-state index is 0.394. The molecule has 4 nitrogen and oxygen atoms in total. The number of rotatable bonds is 3. The summed E-state index contributed by atoms with van der Waals surface area (Å²) in [5.74, 6) is 0. The molecular formula is C15H17BrN4. The summed E-state index contributed by atoms with van der Waals surface area (Å²) in [6.45, 7) is 3.97. The molecule has 5 heteroatoms. The van der Waals surface area contributed by atoms with Crippen molar-refractivity contribution in [3.8, 4) is 0 Å². The summed E-state index contributed by atoms with van der Waals surface area (Å²) in [6, 6.07) is 6.73. The van der Waals surface area contributed by atoms with Crippen molar-refractivity contribution in [2.24, 2.45) is 0 Å². The van der Waals surface area contributed by atoms with Gasteiger partial charge in [0.25, 0.3) is 0 Å². The Kier molecular flexibility index (Phi) is 4.40. The second-order valence-corrected chi connectivity index (χ2v) is 5.90. The van der Waals surface area contributed by atoms with E-state index in [4.69, 9.17) is 0 Å². The van der Waals surface area contributed by atoms with Crippen LogP contribution >= 0.6 is 15.9 Å². The molecule has 0 radical (unpaired) electrons. The molecule has 1 fully saturated rings. The zero-order valence-corrected chi connectivity index (χ0v) is 12.8. The highest BCUT2D eigenvalue weighted by Gasteiger charge is 2.23. The SMILES string of the molecule is Brc1cncc(CN2CCNCC2c2ccncc2)c1. The summed E-state index contributed by atoms with van der Waals surface area (Å²) >= 11 is 3.49.